The lowest BCUT2D eigenvalue weighted by Gasteiger charge is -2.33. The average Bonchev–Trinajstić information content (AvgIpc) is 2.48. The molecule has 1 fully saturated rings. The molecule has 0 saturated heterocycles. The number of hydrogen-bond donors (Lipinski definition) is 2. The molecule has 1 aromatic rings. The summed E-state index contributed by atoms with van der Waals surface area (Å²) in [6.45, 7) is 0.0735. The zero-order chi connectivity index (χ0) is 15.5. The molecule has 114 valence electrons. The number of amides is 1. The molecule has 1 saturated carbocycles. The van der Waals surface area contributed by atoms with E-state index >= 15 is 0 Å². The van der Waals surface area contributed by atoms with Crippen molar-refractivity contribution in [2.45, 2.75) is 32.1 Å². The molecule has 0 heterocycles. The maximum atomic E-state index is 13.2. The van der Waals surface area contributed by atoms with E-state index in [4.69, 9.17) is 0 Å². The van der Waals surface area contributed by atoms with Crippen LogP contribution in [0.3, 0.4) is 0 Å². The van der Waals surface area contributed by atoms with Crippen molar-refractivity contribution in [3.63, 3.8) is 0 Å². The molecule has 1 amide bonds. The average molecular weight is 358 g/mol. The van der Waals surface area contributed by atoms with Gasteiger partial charge in [-0.1, -0.05) is 19.3 Å². The predicted octanol–water partition coefficient (Wildman–Crippen LogP) is 3.35. The van der Waals surface area contributed by atoms with Crippen LogP contribution in [-0.4, -0.2) is 23.5 Å². The maximum Gasteiger partial charge on any atom is 0.311 e. The van der Waals surface area contributed by atoms with Crippen LogP contribution in [0.25, 0.3) is 0 Å². The summed E-state index contributed by atoms with van der Waals surface area (Å²) in [5.41, 5.74) is -0.723. The minimum Gasteiger partial charge on any atom is -0.481 e. The van der Waals surface area contributed by atoms with Crippen LogP contribution in [0.1, 0.15) is 42.5 Å². The molecule has 0 aromatic heterocycles. The Kier molecular flexibility index (Phi) is 4.98. The van der Waals surface area contributed by atoms with Crippen LogP contribution in [0.5, 0.6) is 0 Å². The van der Waals surface area contributed by atoms with Crippen LogP contribution in [0.4, 0.5) is 4.39 Å². The van der Waals surface area contributed by atoms with Gasteiger partial charge in [-0.15, -0.1) is 0 Å². The number of carbonyl (C=O) groups excluding carboxylic acids is 1. The maximum absolute atomic E-state index is 13.2. The van der Waals surface area contributed by atoms with Gasteiger partial charge in [0, 0.05) is 11.0 Å². The number of carbonyl (C=O) groups is 2. The molecule has 0 unspecified atom stereocenters. The fourth-order valence-corrected chi connectivity index (χ4v) is 3.14. The number of rotatable bonds is 4. The lowest BCUT2D eigenvalue weighted by atomic mass is 9.74. The summed E-state index contributed by atoms with van der Waals surface area (Å²) < 4.78 is 13.7. The van der Waals surface area contributed by atoms with Crippen LogP contribution < -0.4 is 5.32 Å². The molecule has 0 aliphatic heterocycles. The van der Waals surface area contributed by atoms with Crippen LogP contribution in [0.2, 0.25) is 0 Å². The first-order chi connectivity index (χ1) is 9.94. The molecule has 0 atom stereocenters. The molecule has 2 N–H and O–H groups in total. The van der Waals surface area contributed by atoms with Gasteiger partial charge in [0.1, 0.15) is 5.82 Å². The highest BCUT2D eigenvalue weighted by Crippen LogP contribution is 2.36. The Morgan fingerprint density at radius 2 is 1.95 bits per heavy atom. The van der Waals surface area contributed by atoms with E-state index < -0.39 is 23.1 Å². The third kappa shape index (κ3) is 3.61. The lowest BCUT2D eigenvalue weighted by Crippen LogP contribution is -2.44. The van der Waals surface area contributed by atoms with Gasteiger partial charge in [0.25, 0.3) is 5.91 Å². The van der Waals surface area contributed by atoms with Gasteiger partial charge >= 0.3 is 5.97 Å². The van der Waals surface area contributed by atoms with Crippen molar-refractivity contribution in [1.29, 1.82) is 0 Å². The van der Waals surface area contributed by atoms with Crippen molar-refractivity contribution in [2.24, 2.45) is 5.41 Å². The van der Waals surface area contributed by atoms with E-state index in [1.165, 1.54) is 12.1 Å². The molecule has 6 heteroatoms. The Balaban J connectivity index is 2.08. The summed E-state index contributed by atoms with van der Waals surface area (Å²) >= 11 is 3.20. The molecular weight excluding hydrogens is 341 g/mol. The Morgan fingerprint density at radius 3 is 2.57 bits per heavy atom. The Morgan fingerprint density at radius 1 is 1.29 bits per heavy atom. The van der Waals surface area contributed by atoms with E-state index in [-0.39, 0.29) is 12.1 Å². The fourth-order valence-electron chi connectivity index (χ4n) is 2.71. The first-order valence-corrected chi connectivity index (χ1v) is 7.71. The quantitative estimate of drug-likeness (QED) is 0.868. The lowest BCUT2D eigenvalue weighted by molar-refractivity contribution is -0.150. The van der Waals surface area contributed by atoms with Gasteiger partial charge in [0.2, 0.25) is 0 Å². The second-order valence-electron chi connectivity index (χ2n) is 5.45. The third-order valence-corrected chi connectivity index (χ3v) is 4.72. The van der Waals surface area contributed by atoms with Crippen molar-refractivity contribution in [3.8, 4) is 0 Å². The van der Waals surface area contributed by atoms with Crippen LogP contribution in [0.15, 0.2) is 22.7 Å². The highest BCUT2D eigenvalue weighted by Gasteiger charge is 2.39. The second kappa shape index (κ2) is 6.56. The Hall–Kier alpha value is -1.43. The SMILES string of the molecule is O=C(NCC1(C(=O)O)CCCCC1)c1cc(F)ccc1Br. The number of nitrogens with one attached hydrogen (secondary N) is 1. The van der Waals surface area contributed by atoms with Gasteiger partial charge in [0.05, 0.1) is 11.0 Å². The smallest absolute Gasteiger partial charge is 0.311 e. The Labute approximate surface area is 130 Å². The minimum absolute atomic E-state index is 0.0735. The number of carboxylic acid groups (broad SMARTS) is 1. The normalized spacial score (nSPS) is 17.2. The van der Waals surface area contributed by atoms with Gasteiger partial charge in [-0.3, -0.25) is 9.59 Å². The van der Waals surface area contributed by atoms with Crippen LogP contribution in [-0.2, 0) is 4.79 Å². The number of hydrogen-bond acceptors (Lipinski definition) is 2. The zero-order valence-electron chi connectivity index (χ0n) is 11.5. The van der Waals surface area contributed by atoms with Crippen molar-refractivity contribution in [1.82, 2.24) is 5.32 Å². The molecule has 21 heavy (non-hydrogen) atoms. The van der Waals surface area contributed by atoms with Gasteiger partial charge in [0.15, 0.2) is 0 Å². The molecule has 1 aliphatic carbocycles. The molecule has 4 nitrogen and oxygen atoms in total. The summed E-state index contributed by atoms with van der Waals surface area (Å²) in [4.78, 5) is 23.7. The third-order valence-electron chi connectivity index (χ3n) is 4.02. The molecule has 1 aromatic carbocycles. The number of carboxylic acids is 1. The molecule has 0 radical (unpaired) electrons. The van der Waals surface area contributed by atoms with Crippen LogP contribution >= 0.6 is 15.9 Å². The van der Waals surface area contributed by atoms with Crippen molar-refractivity contribution in [2.75, 3.05) is 6.54 Å². The van der Waals surface area contributed by atoms with Gasteiger partial charge < -0.3 is 10.4 Å². The second-order valence-corrected chi connectivity index (χ2v) is 6.31. The molecule has 0 bridgehead atoms. The highest BCUT2D eigenvalue weighted by atomic mass is 79.9. The molecular formula is C15H17BrFNO3. The van der Waals surface area contributed by atoms with Gasteiger partial charge in [-0.2, -0.15) is 0 Å². The largest absolute Gasteiger partial charge is 0.481 e. The van der Waals surface area contributed by atoms with Crippen molar-refractivity contribution in [3.05, 3.63) is 34.1 Å². The molecule has 0 spiro atoms. The Bertz CT molecular complexity index is 556. The topological polar surface area (TPSA) is 66.4 Å². The van der Waals surface area contributed by atoms with Crippen molar-refractivity contribution < 1.29 is 19.1 Å². The summed E-state index contributed by atoms with van der Waals surface area (Å²) in [5.74, 6) is -1.85. The van der Waals surface area contributed by atoms with Crippen molar-refractivity contribution >= 4 is 27.8 Å². The fraction of sp³-hybridized carbons (Fsp3) is 0.467. The van der Waals surface area contributed by atoms with E-state index in [2.05, 4.69) is 21.2 Å². The summed E-state index contributed by atoms with van der Waals surface area (Å²) in [6.07, 6.45) is 3.86. The zero-order valence-corrected chi connectivity index (χ0v) is 13.1. The van der Waals surface area contributed by atoms with Gasteiger partial charge in [-0.25, -0.2) is 4.39 Å². The molecule has 2 rings (SSSR count). The molecule has 1 aliphatic rings. The summed E-state index contributed by atoms with van der Waals surface area (Å²) in [6, 6.07) is 3.84. The van der Waals surface area contributed by atoms with Crippen LogP contribution in [0, 0.1) is 11.2 Å². The van der Waals surface area contributed by atoms with E-state index in [9.17, 15) is 19.1 Å². The number of aliphatic carboxylic acids is 1. The highest BCUT2D eigenvalue weighted by molar-refractivity contribution is 9.10. The monoisotopic (exact) mass is 357 g/mol. The van der Waals surface area contributed by atoms with Gasteiger partial charge in [-0.05, 0) is 47.0 Å². The van der Waals surface area contributed by atoms with E-state index in [1.807, 2.05) is 0 Å². The summed E-state index contributed by atoms with van der Waals surface area (Å²) in [7, 11) is 0. The standard InChI is InChI=1S/C15H17BrFNO3/c16-12-5-4-10(17)8-11(12)13(19)18-9-15(14(20)21)6-2-1-3-7-15/h4-5,8H,1-3,6-7,9H2,(H,18,19)(H,20,21). The first kappa shape index (κ1) is 15.9. The number of benzene rings is 1. The summed E-state index contributed by atoms with van der Waals surface area (Å²) in [5, 5.41) is 12.1. The van der Waals surface area contributed by atoms with E-state index in [0.717, 1.165) is 25.3 Å². The first-order valence-electron chi connectivity index (χ1n) is 6.91. The number of halogens is 2. The van der Waals surface area contributed by atoms with E-state index in [0.29, 0.717) is 17.3 Å². The van der Waals surface area contributed by atoms with E-state index in [1.54, 1.807) is 0 Å². The predicted molar refractivity (Wildman–Crippen MR) is 79.6 cm³/mol. The minimum atomic E-state index is -0.895.